The van der Waals surface area contributed by atoms with E-state index in [0.717, 1.165) is 36.8 Å². The molecule has 110 valence electrons. The van der Waals surface area contributed by atoms with E-state index in [2.05, 4.69) is 9.47 Å². The third kappa shape index (κ3) is 1.58. The van der Waals surface area contributed by atoms with Crippen LogP contribution in [0.15, 0.2) is 18.2 Å². The first-order valence-corrected chi connectivity index (χ1v) is 7.36. The first-order chi connectivity index (χ1) is 10.1. The predicted octanol–water partition coefficient (Wildman–Crippen LogP) is 1.99. The van der Waals surface area contributed by atoms with E-state index in [0.29, 0.717) is 11.5 Å². The van der Waals surface area contributed by atoms with Crippen LogP contribution >= 0.6 is 0 Å². The van der Waals surface area contributed by atoms with E-state index in [1.165, 1.54) is 11.4 Å². The monoisotopic (exact) mass is 286 g/mol. The fourth-order valence-corrected chi connectivity index (χ4v) is 4.08. The van der Waals surface area contributed by atoms with E-state index in [9.17, 15) is 9.90 Å². The van der Waals surface area contributed by atoms with Gasteiger partial charge in [0.25, 0.3) is 0 Å². The number of hydrogen-bond acceptors (Lipinski definition) is 3. The van der Waals surface area contributed by atoms with Gasteiger partial charge in [-0.05, 0) is 18.8 Å². The molecular formula is C16H18N2O3. The second-order valence-corrected chi connectivity index (χ2v) is 6.04. The summed E-state index contributed by atoms with van der Waals surface area (Å²) in [5, 5.41) is 20.2. The highest BCUT2D eigenvalue weighted by atomic mass is 16.4. The van der Waals surface area contributed by atoms with Crippen LogP contribution in [0.2, 0.25) is 0 Å². The fraction of sp³-hybridized carbons (Fsp3) is 0.438. The zero-order valence-electron chi connectivity index (χ0n) is 11.9. The lowest BCUT2D eigenvalue weighted by Crippen LogP contribution is -2.39. The molecule has 1 atom stereocenters. The first-order valence-electron chi connectivity index (χ1n) is 7.36. The number of carboxylic acids is 1. The molecule has 1 saturated heterocycles. The summed E-state index contributed by atoms with van der Waals surface area (Å²) in [5.41, 5.74) is 2.68. The minimum atomic E-state index is -1.48. The number of hydrogen-bond donors (Lipinski definition) is 2. The number of carboxylic acid groups (broad SMARTS) is 1. The molecule has 1 aromatic carbocycles. The first kappa shape index (κ1) is 12.7. The summed E-state index contributed by atoms with van der Waals surface area (Å²) in [5.74, 6) is 0.563. The van der Waals surface area contributed by atoms with Gasteiger partial charge in [-0.2, -0.15) is 0 Å². The second kappa shape index (κ2) is 4.24. The molecule has 3 aliphatic rings. The van der Waals surface area contributed by atoms with Gasteiger partial charge in [-0.3, -0.25) is 0 Å². The number of aryl methyl sites for hydroxylation is 1. The van der Waals surface area contributed by atoms with Crippen molar-refractivity contribution in [3.05, 3.63) is 29.3 Å². The minimum absolute atomic E-state index is 0.484. The number of rotatable bonds is 2. The van der Waals surface area contributed by atoms with Crippen molar-refractivity contribution in [1.29, 1.82) is 0 Å². The summed E-state index contributed by atoms with van der Waals surface area (Å²) in [6.07, 6.45) is 0.853. The van der Waals surface area contributed by atoms with Gasteiger partial charge in [-0.15, -0.1) is 0 Å². The van der Waals surface area contributed by atoms with Gasteiger partial charge in [-0.25, -0.2) is 4.79 Å². The number of piperidine rings is 1. The van der Waals surface area contributed by atoms with Crippen LogP contribution in [-0.2, 0) is 11.8 Å². The van der Waals surface area contributed by atoms with E-state index in [-0.39, 0.29) is 0 Å². The van der Waals surface area contributed by atoms with Crippen molar-refractivity contribution >= 4 is 22.7 Å². The maximum atomic E-state index is 11.2. The standard InChI is InChI=1S/C16H18N2O3/c1-17-13-10(3-2-4-11(13)14(19)16(20)21)12-9-5-7-18(8-6-9)15(12)17/h2-4,9,14,19H,5-8H2,1H3,(H,20,21). The van der Waals surface area contributed by atoms with Crippen molar-refractivity contribution in [2.24, 2.45) is 7.05 Å². The van der Waals surface area contributed by atoms with Gasteiger partial charge in [0.2, 0.25) is 0 Å². The highest BCUT2D eigenvalue weighted by Gasteiger charge is 2.36. The maximum absolute atomic E-state index is 11.2. The summed E-state index contributed by atoms with van der Waals surface area (Å²) in [4.78, 5) is 13.6. The van der Waals surface area contributed by atoms with Gasteiger partial charge < -0.3 is 19.7 Å². The summed E-state index contributed by atoms with van der Waals surface area (Å²) >= 11 is 0. The van der Waals surface area contributed by atoms with E-state index in [4.69, 9.17) is 5.11 Å². The molecular weight excluding hydrogens is 268 g/mol. The Balaban J connectivity index is 2.05. The summed E-state index contributed by atoms with van der Waals surface area (Å²) in [6.45, 7) is 2.14. The zero-order valence-corrected chi connectivity index (χ0v) is 11.9. The van der Waals surface area contributed by atoms with Crippen LogP contribution in [0.25, 0.3) is 10.9 Å². The van der Waals surface area contributed by atoms with Crippen LogP contribution in [-0.4, -0.2) is 33.8 Å². The number of aliphatic carboxylic acids is 1. The van der Waals surface area contributed by atoms with Crippen LogP contribution in [0, 0.1) is 0 Å². The number of benzene rings is 1. The Kier molecular flexibility index (Phi) is 2.57. The number of aliphatic hydroxyl groups is 1. The van der Waals surface area contributed by atoms with E-state index >= 15 is 0 Å². The Hall–Kier alpha value is -2.01. The molecule has 2 bridgehead atoms. The number of carbonyl (C=O) groups is 1. The van der Waals surface area contributed by atoms with Gasteiger partial charge in [0.1, 0.15) is 5.82 Å². The molecule has 3 aliphatic heterocycles. The molecule has 4 heterocycles. The normalized spacial score (nSPS) is 19.0. The van der Waals surface area contributed by atoms with Gasteiger partial charge in [-0.1, -0.05) is 18.2 Å². The van der Waals surface area contributed by atoms with Crippen LogP contribution in [0.3, 0.4) is 0 Å². The SMILES string of the molecule is Cn1c2c(c3cccc(C(O)C(=O)O)c31)C1CCN2CC1. The molecule has 21 heavy (non-hydrogen) atoms. The van der Waals surface area contributed by atoms with Gasteiger partial charge in [0.15, 0.2) is 6.10 Å². The average molecular weight is 286 g/mol. The molecule has 5 nitrogen and oxygen atoms in total. The third-order valence-corrected chi connectivity index (χ3v) is 4.98. The van der Waals surface area contributed by atoms with Gasteiger partial charge in [0.05, 0.1) is 5.52 Å². The molecule has 5 heteroatoms. The van der Waals surface area contributed by atoms with Crippen molar-refractivity contribution < 1.29 is 15.0 Å². The topological polar surface area (TPSA) is 65.7 Å². The molecule has 0 aliphatic carbocycles. The van der Waals surface area contributed by atoms with E-state index < -0.39 is 12.1 Å². The Morgan fingerprint density at radius 2 is 2.05 bits per heavy atom. The molecule has 0 radical (unpaired) electrons. The van der Waals surface area contributed by atoms with Crippen molar-refractivity contribution in [3.63, 3.8) is 0 Å². The van der Waals surface area contributed by atoms with E-state index in [1.54, 1.807) is 6.07 Å². The number of fused-ring (bicyclic) bond motifs is 3. The van der Waals surface area contributed by atoms with Crippen molar-refractivity contribution in [1.82, 2.24) is 4.57 Å². The van der Waals surface area contributed by atoms with Gasteiger partial charge in [0, 0.05) is 36.7 Å². The smallest absolute Gasteiger partial charge is 0.337 e. The number of aromatic nitrogens is 1. The van der Waals surface area contributed by atoms with Crippen LogP contribution in [0.5, 0.6) is 0 Å². The number of aliphatic hydroxyl groups excluding tert-OH is 1. The Morgan fingerprint density at radius 1 is 1.33 bits per heavy atom. The largest absolute Gasteiger partial charge is 0.479 e. The molecule has 0 spiro atoms. The number of nitrogens with zero attached hydrogens (tertiary/aromatic N) is 2. The number of anilines is 1. The molecule has 0 saturated carbocycles. The van der Waals surface area contributed by atoms with Crippen molar-refractivity contribution in [2.45, 2.75) is 24.9 Å². The molecule has 2 N–H and O–H groups in total. The molecule has 1 aromatic heterocycles. The highest BCUT2D eigenvalue weighted by Crippen LogP contribution is 2.48. The maximum Gasteiger partial charge on any atom is 0.337 e. The average Bonchev–Trinajstić information content (AvgIpc) is 2.83. The summed E-state index contributed by atoms with van der Waals surface area (Å²) < 4.78 is 2.07. The quantitative estimate of drug-likeness (QED) is 0.886. The molecule has 2 aromatic rings. The Morgan fingerprint density at radius 3 is 2.71 bits per heavy atom. The lowest BCUT2D eigenvalue weighted by Gasteiger charge is -2.41. The summed E-state index contributed by atoms with van der Waals surface area (Å²) in [7, 11) is 1.97. The molecule has 1 fully saturated rings. The fourth-order valence-electron chi connectivity index (χ4n) is 4.08. The zero-order chi connectivity index (χ0) is 14.7. The summed E-state index contributed by atoms with van der Waals surface area (Å²) in [6, 6.07) is 5.61. The Labute approximate surface area is 122 Å². The van der Waals surface area contributed by atoms with Crippen LogP contribution in [0.4, 0.5) is 5.82 Å². The van der Waals surface area contributed by atoms with Gasteiger partial charge >= 0.3 is 5.97 Å². The molecule has 5 rings (SSSR count). The molecule has 1 unspecified atom stereocenters. The van der Waals surface area contributed by atoms with Crippen LogP contribution < -0.4 is 4.90 Å². The molecule has 0 amide bonds. The Bertz CT molecular complexity index is 742. The number of para-hydroxylation sites is 1. The highest BCUT2D eigenvalue weighted by molar-refractivity contribution is 5.96. The second-order valence-electron chi connectivity index (χ2n) is 6.04. The predicted molar refractivity (Wildman–Crippen MR) is 79.7 cm³/mol. The van der Waals surface area contributed by atoms with Crippen molar-refractivity contribution in [3.8, 4) is 0 Å². The van der Waals surface area contributed by atoms with E-state index in [1.807, 2.05) is 19.2 Å². The van der Waals surface area contributed by atoms with Crippen molar-refractivity contribution in [2.75, 3.05) is 18.0 Å². The van der Waals surface area contributed by atoms with Crippen LogP contribution in [0.1, 0.15) is 36.0 Å². The minimum Gasteiger partial charge on any atom is -0.479 e. The third-order valence-electron chi connectivity index (χ3n) is 4.98. The lowest BCUT2D eigenvalue weighted by molar-refractivity contribution is -0.146. The lowest BCUT2D eigenvalue weighted by atomic mass is 9.84.